The van der Waals surface area contributed by atoms with Gasteiger partial charge in [-0.25, -0.2) is 4.79 Å². The quantitative estimate of drug-likeness (QED) is 0.582. The topological polar surface area (TPSA) is 65.8 Å². The van der Waals surface area contributed by atoms with Crippen molar-refractivity contribution < 1.29 is 14.3 Å². The highest BCUT2D eigenvalue weighted by atomic mass is 32.1. The monoisotopic (exact) mass is 327 g/mol. The standard InChI is InChI=1S/C15H25N3O3S/c1-15(2,3)21-14(19)18-10-11(20-8-6-7-16)9-12(18)13(22)17(4)5/h11-12H,6,8-10H2,1-5H3/t11-,12+/m1/s1. The van der Waals surface area contributed by atoms with E-state index in [0.29, 0.717) is 31.0 Å². The molecule has 0 aromatic carbocycles. The molecule has 22 heavy (non-hydrogen) atoms. The van der Waals surface area contributed by atoms with E-state index in [4.69, 9.17) is 27.0 Å². The third-order valence-electron chi connectivity index (χ3n) is 3.18. The van der Waals surface area contributed by atoms with Crippen molar-refractivity contribution in [2.24, 2.45) is 0 Å². The van der Waals surface area contributed by atoms with Crippen LogP contribution in [0.3, 0.4) is 0 Å². The maximum atomic E-state index is 12.4. The maximum absolute atomic E-state index is 12.4. The largest absolute Gasteiger partial charge is 0.444 e. The third kappa shape index (κ3) is 5.43. The van der Waals surface area contributed by atoms with Crippen molar-refractivity contribution in [3.05, 3.63) is 0 Å². The second-order valence-corrected chi connectivity index (χ2v) is 6.94. The van der Waals surface area contributed by atoms with E-state index in [0.717, 1.165) is 0 Å². The molecule has 0 unspecified atom stereocenters. The van der Waals surface area contributed by atoms with E-state index >= 15 is 0 Å². The molecule has 124 valence electrons. The molecular formula is C15H25N3O3S. The Morgan fingerprint density at radius 3 is 2.59 bits per heavy atom. The molecule has 1 saturated heterocycles. The van der Waals surface area contributed by atoms with Gasteiger partial charge in [-0.1, -0.05) is 12.2 Å². The summed E-state index contributed by atoms with van der Waals surface area (Å²) in [5.41, 5.74) is -0.554. The Morgan fingerprint density at radius 2 is 2.09 bits per heavy atom. The zero-order valence-electron chi connectivity index (χ0n) is 14.0. The molecule has 1 amide bonds. The van der Waals surface area contributed by atoms with Gasteiger partial charge in [0.2, 0.25) is 0 Å². The second kappa shape index (κ2) is 7.75. The molecule has 1 aliphatic rings. The van der Waals surface area contributed by atoms with Crippen molar-refractivity contribution >= 4 is 23.3 Å². The SMILES string of the molecule is CN(C)C(=S)[C@@H]1C[C@@H](OCCC#N)CN1C(=O)OC(C)(C)C. The minimum absolute atomic E-state index is 0.122. The summed E-state index contributed by atoms with van der Waals surface area (Å²) in [6.45, 7) is 6.30. The fraction of sp³-hybridized carbons (Fsp3) is 0.800. The number of carbonyl (C=O) groups is 1. The number of likely N-dealkylation sites (tertiary alicyclic amines) is 1. The molecule has 0 aromatic heterocycles. The van der Waals surface area contributed by atoms with E-state index < -0.39 is 5.60 Å². The number of amides is 1. The van der Waals surface area contributed by atoms with E-state index in [1.807, 2.05) is 45.8 Å². The summed E-state index contributed by atoms with van der Waals surface area (Å²) >= 11 is 5.43. The molecule has 0 aliphatic carbocycles. The lowest BCUT2D eigenvalue weighted by Crippen LogP contribution is -2.46. The molecule has 0 aromatic rings. The number of hydrogen-bond donors (Lipinski definition) is 0. The normalized spacial score (nSPS) is 21.4. The summed E-state index contributed by atoms with van der Waals surface area (Å²) < 4.78 is 11.1. The van der Waals surface area contributed by atoms with Crippen molar-refractivity contribution in [3.8, 4) is 6.07 Å². The van der Waals surface area contributed by atoms with Gasteiger partial charge in [-0.2, -0.15) is 5.26 Å². The molecule has 0 saturated carbocycles. The highest BCUT2D eigenvalue weighted by Gasteiger charge is 2.40. The lowest BCUT2D eigenvalue weighted by atomic mass is 10.2. The summed E-state index contributed by atoms with van der Waals surface area (Å²) in [6, 6.07) is 1.83. The van der Waals surface area contributed by atoms with Crippen LogP contribution >= 0.6 is 12.2 Å². The van der Waals surface area contributed by atoms with Crippen LogP contribution in [-0.2, 0) is 9.47 Å². The van der Waals surface area contributed by atoms with Crippen molar-refractivity contribution in [1.29, 1.82) is 5.26 Å². The van der Waals surface area contributed by atoms with Crippen molar-refractivity contribution in [2.75, 3.05) is 27.2 Å². The van der Waals surface area contributed by atoms with Gasteiger partial charge in [0.1, 0.15) is 10.6 Å². The molecule has 0 bridgehead atoms. The second-order valence-electron chi connectivity index (χ2n) is 6.52. The molecule has 0 spiro atoms. The first-order valence-corrected chi connectivity index (χ1v) is 7.76. The first-order chi connectivity index (χ1) is 10.2. The highest BCUT2D eigenvalue weighted by molar-refractivity contribution is 7.80. The van der Waals surface area contributed by atoms with Crippen molar-refractivity contribution in [3.63, 3.8) is 0 Å². The van der Waals surface area contributed by atoms with E-state index in [1.165, 1.54) is 0 Å². The summed E-state index contributed by atoms with van der Waals surface area (Å²) in [6.07, 6.45) is 0.463. The van der Waals surface area contributed by atoms with Crippen LogP contribution in [0.5, 0.6) is 0 Å². The summed E-state index contributed by atoms with van der Waals surface area (Å²) in [7, 11) is 3.72. The maximum Gasteiger partial charge on any atom is 0.410 e. The van der Waals surface area contributed by atoms with Gasteiger partial charge in [0.15, 0.2) is 0 Å². The Morgan fingerprint density at radius 1 is 1.45 bits per heavy atom. The number of likely N-dealkylation sites (N-methyl/N-ethyl adjacent to an activating group) is 1. The van der Waals surface area contributed by atoms with Crippen LogP contribution in [0.1, 0.15) is 33.6 Å². The molecule has 6 nitrogen and oxygen atoms in total. The van der Waals surface area contributed by atoms with Crippen LogP contribution in [0.2, 0.25) is 0 Å². The van der Waals surface area contributed by atoms with Crippen LogP contribution in [0.15, 0.2) is 0 Å². The van der Waals surface area contributed by atoms with Gasteiger partial charge in [-0.15, -0.1) is 0 Å². The molecule has 1 aliphatic heterocycles. The first kappa shape index (κ1) is 18.7. The van der Waals surface area contributed by atoms with Gasteiger partial charge in [-0.05, 0) is 20.8 Å². The van der Waals surface area contributed by atoms with Crippen LogP contribution in [-0.4, -0.2) is 65.9 Å². The Kier molecular flexibility index (Phi) is 6.57. The van der Waals surface area contributed by atoms with Gasteiger partial charge in [0.05, 0.1) is 37.8 Å². The summed E-state index contributed by atoms with van der Waals surface area (Å²) in [5.74, 6) is 0. The van der Waals surface area contributed by atoms with E-state index in [-0.39, 0.29) is 18.2 Å². The van der Waals surface area contributed by atoms with Gasteiger partial charge in [-0.3, -0.25) is 4.90 Å². The highest BCUT2D eigenvalue weighted by Crippen LogP contribution is 2.25. The number of nitrogens with zero attached hydrogens (tertiary/aromatic N) is 3. The minimum Gasteiger partial charge on any atom is -0.444 e. The Bertz CT molecular complexity index is 454. The van der Waals surface area contributed by atoms with Crippen LogP contribution in [0, 0.1) is 11.3 Å². The number of carbonyl (C=O) groups excluding carboxylic acids is 1. The lowest BCUT2D eigenvalue weighted by Gasteiger charge is -2.30. The fourth-order valence-corrected chi connectivity index (χ4v) is 2.47. The predicted molar refractivity (Wildman–Crippen MR) is 87.6 cm³/mol. The van der Waals surface area contributed by atoms with Gasteiger partial charge in [0, 0.05) is 20.5 Å². The van der Waals surface area contributed by atoms with Crippen LogP contribution in [0.4, 0.5) is 4.79 Å². The van der Waals surface area contributed by atoms with Crippen molar-refractivity contribution in [1.82, 2.24) is 9.80 Å². The average molecular weight is 327 g/mol. The van der Waals surface area contributed by atoms with Gasteiger partial charge >= 0.3 is 6.09 Å². The zero-order chi connectivity index (χ0) is 16.9. The smallest absolute Gasteiger partial charge is 0.410 e. The molecule has 1 rings (SSSR count). The molecule has 7 heteroatoms. The zero-order valence-corrected chi connectivity index (χ0v) is 14.8. The average Bonchev–Trinajstić information content (AvgIpc) is 2.80. The molecule has 1 fully saturated rings. The molecule has 2 atom stereocenters. The summed E-state index contributed by atoms with van der Waals surface area (Å²) in [5, 5.41) is 8.58. The minimum atomic E-state index is -0.554. The molecular weight excluding hydrogens is 302 g/mol. The number of ether oxygens (including phenoxy) is 2. The first-order valence-electron chi connectivity index (χ1n) is 7.35. The number of thiocarbonyl (C=S) groups is 1. The molecule has 0 N–H and O–H groups in total. The van der Waals surface area contributed by atoms with Gasteiger partial charge in [0.25, 0.3) is 0 Å². The number of hydrogen-bond acceptors (Lipinski definition) is 5. The van der Waals surface area contributed by atoms with E-state index in [2.05, 4.69) is 0 Å². The predicted octanol–water partition coefficient (Wildman–Crippen LogP) is 2.18. The Balaban J connectivity index is 2.78. The molecule has 0 radical (unpaired) electrons. The van der Waals surface area contributed by atoms with Crippen LogP contribution < -0.4 is 0 Å². The number of nitriles is 1. The third-order valence-corrected chi connectivity index (χ3v) is 3.82. The number of rotatable bonds is 4. The fourth-order valence-electron chi connectivity index (χ4n) is 2.24. The molecule has 1 heterocycles. The summed E-state index contributed by atoms with van der Waals surface area (Å²) in [4.78, 5) is 16.5. The Labute approximate surface area is 138 Å². The van der Waals surface area contributed by atoms with E-state index in [9.17, 15) is 4.79 Å². The van der Waals surface area contributed by atoms with Crippen LogP contribution in [0.25, 0.3) is 0 Å². The Hall–Kier alpha value is -1.39. The van der Waals surface area contributed by atoms with Gasteiger partial charge < -0.3 is 14.4 Å². The van der Waals surface area contributed by atoms with Crippen molar-refractivity contribution in [2.45, 2.75) is 51.4 Å². The lowest BCUT2D eigenvalue weighted by molar-refractivity contribution is 0.0196. The van der Waals surface area contributed by atoms with E-state index in [1.54, 1.807) is 4.90 Å².